The summed E-state index contributed by atoms with van der Waals surface area (Å²) in [5.41, 5.74) is 1.73. The van der Waals surface area contributed by atoms with Gasteiger partial charge in [-0.05, 0) is 18.2 Å². The van der Waals surface area contributed by atoms with Gasteiger partial charge < -0.3 is 4.90 Å². The SMILES string of the molecule is CN(C)c1ccc(/C=N\n2cnc3c(cnn3-c3ccccc3)c2=O)cc1[N+](=O)[O-]. The first-order chi connectivity index (χ1) is 14.5. The second-order valence-electron chi connectivity index (χ2n) is 6.67. The van der Waals surface area contributed by atoms with Gasteiger partial charge >= 0.3 is 0 Å². The Labute approximate surface area is 170 Å². The molecule has 150 valence electrons. The van der Waals surface area contributed by atoms with E-state index in [1.54, 1.807) is 35.8 Å². The van der Waals surface area contributed by atoms with E-state index in [0.29, 0.717) is 22.3 Å². The van der Waals surface area contributed by atoms with Crippen molar-refractivity contribution >= 4 is 28.6 Å². The van der Waals surface area contributed by atoms with Crippen molar-refractivity contribution in [2.24, 2.45) is 5.10 Å². The summed E-state index contributed by atoms with van der Waals surface area (Å²) >= 11 is 0. The lowest BCUT2D eigenvalue weighted by molar-refractivity contribution is -0.384. The van der Waals surface area contributed by atoms with Gasteiger partial charge in [-0.2, -0.15) is 14.9 Å². The Morgan fingerprint density at radius 3 is 2.63 bits per heavy atom. The van der Waals surface area contributed by atoms with E-state index in [1.807, 2.05) is 30.3 Å². The van der Waals surface area contributed by atoms with Crippen LogP contribution in [0.5, 0.6) is 0 Å². The maximum atomic E-state index is 12.8. The molecule has 0 N–H and O–H groups in total. The molecule has 2 heterocycles. The highest BCUT2D eigenvalue weighted by molar-refractivity contribution is 5.83. The quantitative estimate of drug-likeness (QED) is 0.287. The Morgan fingerprint density at radius 1 is 1.17 bits per heavy atom. The number of nitrogens with zero attached hydrogens (tertiary/aromatic N) is 7. The predicted molar refractivity (Wildman–Crippen MR) is 114 cm³/mol. The van der Waals surface area contributed by atoms with Crippen molar-refractivity contribution in [3.8, 4) is 5.69 Å². The minimum Gasteiger partial charge on any atom is -0.372 e. The third kappa shape index (κ3) is 3.41. The molecule has 10 heteroatoms. The standard InChI is InChI=1S/C20H17N7O3/c1-24(2)17-9-8-14(10-18(17)27(29)30)11-22-25-13-21-19-16(20(25)28)12-23-26(19)15-6-4-3-5-7-15/h3-13H,1-2H3/b22-11-. The van der Waals surface area contributed by atoms with E-state index in [9.17, 15) is 14.9 Å². The molecule has 10 nitrogen and oxygen atoms in total. The number of rotatable bonds is 5. The first kappa shape index (κ1) is 19.0. The van der Waals surface area contributed by atoms with Crippen LogP contribution in [0.2, 0.25) is 0 Å². The number of anilines is 1. The number of para-hydroxylation sites is 1. The van der Waals surface area contributed by atoms with Gasteiger partial charge in [0.15, 0.2) is 5.65 Å². The van der Waals surface area contributed by atoms with E-state index in [4.69, 9.17) is 0 Å². The maximum Gasteiger partial charge on any atom is 0.293 e. The Balaban J connectivity index is 1.71. The molecule has 0 atom stereocenters. The molecule has 4 rings (SSSR count). The molecule has 0 saturated heterocycles. The van der Waals surface area contributed by atoms with E-state index in [-0.39, 0.29) is 5.69 Å². The molecule has 0 unspecified atom stereocenters. The van der Waals surface area contributed by atoms with E-state index < -0.39 is 10.5 Å². The van der Waals surface area contributed by atoms with Gasteiger partial charge in [0.2, 0.25) is 0 Å². The fraction of sp³-hybridized carbons (Fsp3) is 0.100. The molecule has 0 radical (unpaired) electrons. The molecule has 4 aromatic rings. The van der Waals surface area contributed by atoms with E-state index in [2.05, 4.69) is 15.2 Å². The molecule has 0 spiro atoms. The van der Waals surface area contributed by atoms with Gasteiger partial charge in [0.1, 0.15) is 17.4 Å². The largest absolute Gasteiger partial charge is 0.372 e. The number of hydrogen-bond acceptors (Lipinski definition) is 7. The van der Waals surface area contributed by atoms with E-state index in [1.165, 1.54) is 24.8 Å². The molecule has 0 aliphatic rings. The lowest BCUT2D eigenvalue weighted by Gasteiger charge is -2.12. The van der Waals surface area contributed by atoms with E-state index in [0.717, 1.165) is 10.4 Å². The predicted octanol–water partition coefficient (Wildman–Crippen LogP) is 2.44. The van der Waals surface area contributed by atoms with Gasteiger partial charge in [-0.25, -0.2) is 9.67 Å². The Kier molecular flexibility index (Phi) is 4.80. The Bertz CT molecular complexity index is 1320. The summed E-state index contributed by atoms with van der Waals surface area (Å²) in [5.74, 6) is 0. The van der Waals surface area contributed by atoms with Gasteiger partial charge in [-0.1, -0.05) is 24.3 Å². The number of hydrogen-bond donors (Lipinski definition) is 0. The van der Waals surface area contributed by atoms with Crippen LogP contribution >= 0.6 is 0 Å². The van der Waals surface area contributed by atoms with Crippen LogP contribution in [0.25, 0.3) is 16.7 Å². The van der Waals surface area contributed by atoms with Crippen molar-refractivity contribution in [2.45, 2.75) is 0 Å². The smallest absolute Gasteiger partial charge is 0.293 e. The molecular formula is C20H17N7O3. The van der Waals surface area contributed by atoms with Gasteiger partial charge in [-0.3, -0.25) is 14.9 Å². The van der Waals surface area contributed by atoms with Gasteiger partial charge in [0, 0.05) is 25.7 Å². The third-order valence-electron chi connectivity index (χ3n) is 4.48. The third-order valence-corrected chi connectivity index (χ3v) is 4.48. The minimum atomic E-state index is -0.454. The van der Waals surface area contributed by atoms with Gasteiger partial charge in [0.05, 0.1) is 23.0 Å². The summed E-state index contributed by atoms with van der Waals surface area (Å²) in [4.78, 5) is 29.6. The summed E-state index contributed by atoms with van der Waals surface area (Å²) in [7, 11) is 3.46. The summed E-state index contributed by atoms with van der Waals surface area (Å²) in [6.45, 7) is 0. The molecular weight excluding hydrogens is 386 g/mol. The maximum absolute atomic E-state index is 12.8. The number of aromatic nitrogens is 4. The monoisotopic (exact) mass is 403 g/mol. The summed E-state index contributed by atoms with van der Waals surface area (Å²) in [6, 6.07) is 14.1. The van der Waals surface area contributed by atoms with Crippen LogP contribution in [-0.4, -0.2) is 44.7 Å². The fourth-order valence-corrected chi connectivity index (χ4v) is 3.02. The van der Waals surface area contributed by atoms with Gasteiger partial charge in [-0.15, -0.1) is 0 Å². The normalized spacial score (nSPS) is 11.3. The van der Waals surface area contributed by atoms with Crippen LogP contribution < -0.4 is 10.5 Å². The van der Waals surface area contributed by atoms with Crippen LogP contribution in [0.1, 0.15) is 5.56 Å². The summed E-state index contributed by atoms with van der Waals surface area (Å²) in [6.07, 6.45) is 4.12. The number of fused-ring (bicyclic) bond motifs is 1. The van der Waals surface area contributed by atoms with Gasteiger partial charge in [0.25, 0.3) is 11.2 Å². The molecule has 0 fully saturated rings. The topological polar surface area (TPSA) is 111 Å². The zero-order valence-corrected chi connectivity index (χ0v) is 16.2. The Morgan fingerprint density at radius 2 is 1.93 bits per heavy atom. The number of nitro benzene ring substituents is 1. The average molecular weight is 403 g/mol. The lowest BCUT2D eigenvalue weighted by Crippen LogP contribution is -2.17. The molecule has 0 aliphatic carbocycles. The first-order valence-electron chi connectivity index (χ1n) is 8.96. The van der Waals surface area contributed by atoms with Crippen LogP contribution in [-0.2, 0) is 0 Å². The second-order valence-corrected chi connectivity index (χ2v) is 6.67. The highest BCUT2D eigenvalue weighted by Gasteiger charge is 2.16. The minimum absolute atomic E-state index is 0.0472. The number of nitro groups is 1. The van der Waals surface area contributed by atoms with Crippen molar-refractivity contribution < 1.29 is 4.92 Å². The second kappa shape index (κ2) is 7.59. The van der Waals surface area contributed by atoms with Crippen molar-refractivity contribution in [1.82, 2.24) is 19.4 Å². The van der Waals surface area contributed by atoms with Crippen LogP contribution in [0, 0.1) is 10.1 Å². The molecule has 0 aliphatic heterocycles. The number of benzene rings is 2. The molecule has 2 aromatic heterocycles. The van der Waals surface area contributed by atoms with Crippen molar-refractivity contribution in [3.05, 3.63) is 87.1 Å². The lowest BCUT2D eigenvalue weighted by atomic mass is 10.2. The summed E-state index contributed by atoms with van der Waals surface area (Å²) in [5, 5.41) is 20.0. The summed E-state index contributed by atoms with van der Waals surface area (Å²) < 4.78 is 2.65. The molecule has 0 amide bonds. The van der Waals surface area contributed by atoms with Crippen LogP contribution in [0.4, 0.5) is 11.4 Å². The highest BCUT2D eigenvalue weighted by Crippen LogP contribution is 2.27. The van der Waals surface area contributed by atoms with Crippen LogP contribution in [0.3, 0.4) is 0 Å². The van der Waals surface area contributed by atoms with E-state index >= 15 is 0 Å². The Hall–Kier alpha value is -4.34. The molecule has 0 bridgehead atoms. The highest BCUT2D eigenvalue weighted by atomic mass is 16.6. The van der Waals surface area contributed by atoms with Crippen molar-refractivity contribution in [3.63, 3.8) is 0 Å². The zero-order chi connectivity index (χ0) is 21.3. The molecule has 30 heavy (non-hydrogen) atoms. The molecule has 2 aromatic carbocycles. The van der Waals surface area contributed by atoms with Crippen molar-refractivity contribution in [1.29, 1.82) is 0 Å². The fourth-order valence-electron chi connectivity index (χ4n) is 3.02. The van der Waals surface area contributed by atoms with Crippen molar-refractivity contribution in [2.75, 3.05) is 19.0 Å². The van der Waals surface area contributed by atoms with Crippen LogP contribution in [0.15, 0.2) is 71.0 Å². The zero-order valence-electron chi connectivity index (χ0n) is 16.2. The molecule has 0 saturated carbocycles. The average Bonchev–Trinajstić information content (AvgIpc) is 3.18. The first-order valence-corrected chi connectivity index (χ1v) is 8.96.